The van der Waals surface area contributed by atoms with E-state index in [1.54, 1.807) is 0 Å². The van der Waals surface area contributed by atoms with Gasteiger partial charge in [0.25, 0.3) is 0 Å². The standard InChI is InChI=1S/C18H20N2O2/c21-18(19-10-11-22-16-8-2-1-3-9-16)17-12-14-6-4-5-7-15(14)13-20-17/h1-9,17,20H,10-13H2,(H,19,21). The molecule has 1 atom stereocenters. The fourth-order valence-corrected chi connectivity index (χ4v) is 2.62. The fraction of sp³-hybridized carbons (Fsp3) is 0.278. The van der Waals surface area contributed by atoms with Gasteiger partial charge in [0.05, 0.1) is 12.6 Å². The molecule has 0 aliphatic carbocycles. The molecule has 1 unspecified atom stereocenters. The molecule has 0 aromatic heterocycles. The summed E-state index contributed by atoms with van der Waals surface area (Å²) in [6.45, 7) is 1.72. The molecule has 4 heteroatoms. The molecule has 0 saturated carbocycles. The molecule has 1 heterocycles. The van der Waals surface area contributed by atoms with E-state index in [1.807, 2.05) is 42.5 Å². The Balaban J connectivity index is 1.43. The molecule has 1 aliphatic rings. The average Bonchev–Trinajstić information content (AvgIpc) is 2.59. The fourth-order valence-electron chi connectivity index (χ4n) is 2.62. The number of benzene rings is 2. The number of rotatable bonds is 5. The van der Waals surface area contributed by atoms with E-state index in [0.717, 1.165) is 18.7 Å². The molecule has 0 spiro atoms. The summed E-state index contributed by atoms with van der Waals surface area (Å²) >= 11 is 0. The molecule has 0 saturated heterocycles. The van der Waals surface area contributed by atoms with Gasteiger partial charge in [-0.2, -0.15) is 0 Å². The number of fused-ring (bicyclic) bond motifs is 1. The van der Waals surface area contributed by atoms with E-state index >= 15 is 0 Å². The number of hydrogen-bond acceptors (Lipinski definition) is 3. The summed E-state index contributed by atoms with van der Waals surface area (Å²) in [5.74, 6) is 0.854. The maximum atomic E-state index is 12.2. The van der Waals surface area contributed by atoms with Gasteiger partial charge in [-0.3, -0.25) is 4.79 Å². The molecule has 2 N–H and O–H groups in total. The van der Waals surface area contributed by atoms with Crippen molar-refractivity contribution in [3.8, 4) is 5.75 Å². The van der Waals surface area contributed by atoms with Gasteiger partial charge in [0, 0.05) is 6.54 Å². The number of hydrogen-bond donors (Lipinski definition) is 2. The van der Waals surface area contributed by atoms with Gasteiger partial charge in [-0.15, -0.1) is 0 Å². The van der Waals surface area contributed by atoms with Crippen molar-refractivity contribution in [3.63, 3.8) is 0 Å². The Hall–Kier alpha value is -2.33. The maximum Gasteiger partial charge on any atom is 0.237 e. The molecular weight excluding hydrogens is 276 g/mol. The zero-order chi connectivity index (χ0) is 15.2. The van der Waals surface area contributed by atoms with Crippen LogP contribution in [0.5, 0.6) is 5.75 Å². The summed E-state index contributed by atoms with van der Waals surface area (Å²) in [5.41, 5.74) is 2.53. The molecule has 0 radical (unpaired) electrons. The number of nitrogens with one attached hydrogen (secondary N) is 2. The second kappa shape index (κ2) is 7.09. The topological polar surface area (TPSA) is 50.4 Å². The Morgan fingerprint density at radius 3 is 2.64 bits per heavy atom. The molecule has 114 valence electrons. The first-order chi connectivity index (χ1) is 10.8. The Morgan fingerprint density at radius 2 is 1.82 bits per heavy atom. The van der Waals surface area contributed by atoms with Crippen LogP contribution in [0.2, 0.25) is 0 Å². The van der Waals surface area contributed by atoms with Crippen molar-refractivity contribution in [2.75, 3.05) is 13.2 Å². The molecule has 0 bridgehead atoms. The minimum Gasteiger partial charge on any atom is -0.492 e. The lowest BCUT2D eigenvalue weighted by molar-refractivity contribution is -0.123. The summed E-state index contributed by atoms with van der Waals surface area (Å²) in [5, 5.41) is 6.21. The normalized spacial score (nSPS) is 16.6. The predicted octanol–water partition coefficient (Wildman–Crippen LogP) is 1.90. The van der Waals surface area contributed by atoms with Crippen molar-refractivity contribution in [2.45, 2.75) is 19.0 Å². The molecule has 0 fully saturated rings. The third-order valence-corrected chi connectivity index (χ3v) is 3.81. The lowest BCUT2D eigenvalue weighted by Crippen LogP contribution is -2.48. The zero-order valence-electron chi connectivity index (χ0n) is 12.4. The van der Waals surface area contributed by atoms with Crippen LogP contribution in [-0.2, 0) is 17.8 Å². The van der Waals surface area contributed by atoms with Crippen LogP contribution in [0, 0.1) is 0 Å². The summed E-state index contributed by atoms with van der Waals surface area (Å²) in [4.78, 5) is 12.2. The lowest BCUT2D eigenvalue weighted by Gasteiger charge is -2.25. The molecule has 2 aromatic rings. The molecule has 3 rings (SSSR count). The summed E-state index contributed by atoms with van der Waals surface area (Å²) < 4.78 is 5.56. The van der Waals surface area contributed by atoms with Crippen molar-refractivity contribution < 1.29 is 9.53 Å². The minimum absolute atomic E-state index is 0.0335. The molecule has 1 amide bonds. The molecule has 1 aliphatic heterocycles. The minimum atomic E-state index is -0.161. The monoisotopic (exact) mass is 296 g/mol. The molecule has 22 heavy (non-hydrogen) atoms. The number of para-hydroxylation sites is 1. The Labute approximate surface area is 130 Å². The van der Waals surface area contributed by atoms with Gasteiger partial charge in [0.1, 0.15) is 12.4 Å². The first-order valence-corrected chi connectivity index (χ1v) is 7.58. The Bertz CT molecular complexity index is 628. The van der Waals surface area contributed by atoms with E-state index in [2.05, 4.69) is 22.8 Å². The number of carbonyl (C=O) groups is 1. The van der Waals surface area contributed by atoms with Crippen LogP contribution in [0.15, 0.2) is 54.6 Å². The van der Waals surface area contributed by atoms with Gasteiger partial charge < -0.3 is 15.4 Å². The largest absolute Gasteiger partial charge is 0.492 e. The van der Waals surface area contributed by atoms with Crippen LogP contribution >= 0.6 is 0 Å². The number of amides is 1. The molecule has 2 aromatic carbocycles. The van der Waals surface area contributed by atoms with Gasteiger partial charge in [0.15, 0.2) is 0 Å². The smallest absolute Gasteiger partial charge is 0.237 e. The van der Waals surface area contributed by atoms with E-state index in [1.165, 1.54) is 11.1 Å². The van der Waals surface area contributed by atoms with E-state index in [4.69, 9.17) is 4.74 Å². The quantitative estimate of drug-likeness (QED) is 0.829. The zero-order valence-corrected chi connectivity index (χ0v) is 12.4. The van der Waals surface area contributed by atoms with Crippen molar-refractivity contribution in [3.05, 3.63) is 65.7 Å². The van der Waals surface area contributed by atoms with Crippen LogP contribution in [0.4, 0.5) is 0 Å². The van der Waals surface area contributed by atoms with E-state index < -0.39 is 0 Å². The van der Waals surface area contributed by atoms with Crippen molar-refractivity contribution >= 4 is 5.91 Å². The van der Waals surface area contributed by atoms with Crippen LogP contribution in [0.3, 0.4) is 0 Å². The number of ether oxygens (including phenoxy) is 1. The maximum absolute atomic E-state index is 12.2. The number of carbonyl (C=O) groups excluding carboxylic acids is 1. The Kier molecular flexibility index (Phi) is 4.71. The van der Waals surface area contributed by atoms with Gasteiger partial charge >= 0.3 is 0 Å². The van der Waals surface area contributed by atoms with E-state index in [-0.39, 0.29) is 11.9 Å². The summed E-state index contributed by atoms with van der Waals surface area (Å²) in [6, 6.07) is 17.7. The van der Waals surface area contributed by atoms with Crippen LogP contribution < -0.4 is 15.4 Å². The highest BCUT2D eigenvalue weighted by Crippen LogP contribution is 2.16. The summed E-state index contributed by atoms with van der Waals surface area (Å²) in [7, 11) is 0. The molecular formula is C18H20N2O2. The second-order valence-corrected chi connectivity index (χ2v) is 5.36. The molecule has 4 nitrogen and oxygen atoms in total. The third-order valence-electron chi connectivity index (χ3n) is 3.81. The highest BCUT2D eigenvalue weighted by Gasteiger charge is 2.23. The van der Waals surface area contributed by atoms with E-state index in [9.17, 15) is 4.79 Å². The highest BCUT2D eigenvalue weighted by atomic mass is 16.5. The SMILES string of the molecule is O=C(NCCOc1ccccc1)C1Cc2ccccc2CN1. The van der Waals surface area contributed by atoms with Crippen molar-refractivity contribution in [2.24, 2.45) is 0 Å². The predicted molar refractivity (Wildman–Crippen MR) is 85.7 cm³/mol. The van der Waals surface area contributed by atoms with Gasteiger partial charge in [0.2, 0.25) is 5.91 Å². The Morgan fingerprint density at radius 1 is 1.09 bits per heavy atom. The first-order valence-electron chi connectivity index (χ1n) is 7.58. The van der Waals surface area contributed by atoms with E-state index in [0.29, 0.717) is 13.2 Å². The third kappa shape index (κ3) is 3.65. The van der Waals surface area contributed by atoms with Gasteiger partial charge in [-0.05, 0) is 29.7 Å². The van der Waals surface area contributed by atoms with Crippen LogP contribution in [0.25, 0.3) is 0 Å². The second-order valence-electron chi connectivity index (χ2n) is 5.36. The lowest BCUT2D eigenvalue weighted by atomic mass is 9.95. The van der Waals surface area contributed by atoms with Crippen molar-refractivity contribution in [1.82, 2.24) is 10.6 Å². The highest BCUT2D eigenvalue weighted by molar-refractivity contribution is 5.82. The summed E-state index contributed by atoms with van der Waals surface area (Å²) in [6.07, 6.45) is 0.738. The van der Waals surface area contributed by atoms with Gasteiger partial charge in [-0.25, -0.2) is 0 Å². The van der Waals surface area contributed by atoms with Gasteiger partial charge in [-0.1, -0.05) is 42.5 Å². The van der Waals surface area contributed by atoms with Crippen molar-refractivity contribution in [1.29, 1.82) is 0 Å². The average molecular weight is 296 g/mol. The van der Waals surface area contributed by atoms with Crippen LogP contribution in [-0.4, -0.2) is 25.1 Å². The van der Waals surface area contributed by atoms with Crippen LogP contribution in [0.1, 0.15) is 11.1 Å². The first kappa shape index (κ1) is 14.6.